The summed E-state index contributed by atoms with van der Waals surface area (Å²) < 4.78 is 9.79. The molecule has 0 aliphatic carbocycles. The van der Waals surface area contributed by atoms with Gasteiger partial charge >= 0.3 is 5.97 Å². The van der Waals surface area contributed by atoms with Gasteiger partial charge in [-0.15, -0.1) is 11.3 Å². The van der Waals surface area contributed by atoms with Crippen molar-refractivity contribution in [3.63, 3.8) is 0 Å². The van der Waals surface area contributed by atoms with Gasteiger partial charge in [0.2, 0.25) is 0 Å². The summed E-state index contributed by atoms with van der Waals surface area (Å²) in [6, 6.07) is 12.6. The van der Waals surface area contributed by atoms with Gasteiger partial charge in [0.15, 0.2) is 0 Å². The summed E-state index contributed by atoms with van der Waals surface area (Å²) in [4.78, 5) is 12.0. The van der Waals surface area contributed by atoms with Crippen molar-refractivity contribution < 1.29 is 9.53 Å². The second kappa shape index (κ2) is 5.64. The Morgan fingerprint density at radius 2 is 1.92 bits per heavy atom. The SMILES string of the molecule is CCOC(=O)c1ccc2c(c1)sc1c3ccc(CC)cc3n(C)c21. The van der Waals surface area contributed by atoms with Crippen LogP contribution in [0.15, 0.2) is 36.4 Å². The number of esters is 1. The number of aryl methyl sites for hydroxylation is 2. The average molecular weight is 337 g/mol. The summed E-state index contributed by atoms with van der Waals surface area (Å²) >= 11 is 1.75. The number of fused-ring (bicyclic) bond motifs is 5. The van der Waals surface area contributed by atoms with Crippen molar-refractivity contribution in [1.29, 1.82) is 0 Å². The van der Waals surface area contributed by atoms with Crippen molar-refractivity contribution >= 4 is 48.5 Å². The van der Waals surface area contributed by atoms with Gasteiger partial charge < -0.3 is 9.30 Å². The lowest BCUT2D eigenvalue weighted by atomic mass is 10.1. The first kappa shape index (κ1) is 15.2. The largest absolute Gasteiger partial charge is 0.462 e. The van der Waals surface area contributed by atoms with Gasteiger partial charge in [0.1, 0.15) is 0 Å². The Labute approximate surface area is 144 Å². The molecular weight excluding hydrogens is 318 g/mol. The Hall–Kier alpha value is -2.33. The molecule has 0 saturated heterocycles. The maximum absolute atomic E-state index is 12.0. The van der Waals surface area contributed by atoms with Crippen LogP contribution < -0.4 is 0 Å². The molecule has 4 heteroatoms. The number of thiophene rings is 1. The molecule has 2 aromatic carbocycles. The van der Waals surface area contributed by atoms with E-state index in [1.807, 2.05) is 25.1 Å². The topological polar surface area (TPSA) is 31.2 Å². The first-order valence-corrected chi connectivity index (χ1v) is 9.06. The number of rotatable bonds is 3. The van der Waals surface area contributed by atoms with Crippen molar-refractivity contribution in [2.45, 2.75) is 20.3 Å². The van der Waals surface area contributed by atoms with Crippen LogP contribution in [0.2, 0.25) is 0 Å². The number of carbonyl (C=O) groups excluding carboxylic acids is 1. The third-order valence-corrected chi connectivity index (χ3v) is 5.76. The Kier molecular flexibility index (Phi) is 3.57. The molecule has 0 bridgehead atoms. The van der Waals surface area contributed by atoms with Crippen LogP contribution in [0, 0.1) is 0 Å². The van der Waals surface area contributed by atoms with Crippen molar-refractivity contribution in [3.8, 4) is 0 Å². The van der Waals surface area contributed by atoms with E-state index in [4.69, 9.17) is 4.74 Å². The van der Waals surface area contributed by atoms with Gasteiger partial charge in [-0.25, -0.2) is 4.79 Å². The van der Waals surface area contributed by atoms with Crippen molar-refractivity contribution in [3.05, 3.63) is 47.5 Å². The second-order valence-electron chi connectivity index (χ2n) is 5.98. The number of hydrogen-bond acceptors (Lipinski definition) is 3. The predicted molar refractivity (Wildman–Crippen MR) is 101 cm³/mol. The van der Waals surface area contributed by atoms with Gasteiger partial charge in [-0.05, 0) is 37.1 Å². The third kappa shape index (κ3) is 2.13. The van der Waals surface area contributed by atoms with E-state index in [0.717, 1.165) is 11.1 Å². The number of benzene rings is 2. The van der Waals surface area contributed by atoms with Crippen LogP contribution in [0.4, 0.5) is 0 Å². The first-order chi connectivity index (χ1) is 11.6. The van der Waals surface area contributed by atoms with Crippen molar-refractivity contribution in [2.24, 2.45) is 7.05 Å². The normalized spacial score (nSPS) is 11.6. The summed E-state index contributed by atoms with van der Waals surface area (Å²) in [5.41, 5.74) is 4.48. The molecule has 4 aromatic rings. The first-order valence-electron chi connectivity index (χ1n) is 8.24. The Balaban J connectivity index is 1.98. The molecule has 0 aliphatic rings. The number of aromatic nitrogens is 1. The van der Waals surface area contributed by atoms with Crippen LogP contribution >= 0.6 is 11.3 Å². The molecule has 0 amide bonds. The molecule has 0 atom stereocenters. The summed E-state index contributed by atoms with van der Waals surface area (Å²) in [7, 11) is 2.12. The van der Waals surface area contributed by atoms with Gasteiger partial charge in [0, 0.05) is 28.0 Å². The fourth-order valence-electron chi connectivity index (χ4n) is 3.33. The molecule has 0 aliphatic heterocycles. The zero-order valence-corrected chi connectivity index (χ0v) is 14.9. The fourth-order valence-corrected chi connectivity index (χ4v) is 4.63. The summed E-state index contributed by atoms with van der Waals surface area (Å²) in [5.74, 6) is -0.255. The molecule has 0 saturated carbocycles. The van der Waals surface area contributed by atoms with E-state index in [1.165, 1.54) is 32.1 Å². The van der Waals surface area contributed by atoms with E-state index in [-0.39, 0.29) is 5.97 Å². The smallest absolute Gasteiger partial charge is 0.338 e. The average Bonchev–Trinajstić information content (AvgIpc) is 3.10. The highest BCUT2D eigenvalue weighted by Crippen LogP contribution is 2.40. The Bertz CT molecular complexity index is 1090. The third-order valence-electron chi connectivity index (χ3n) is 4.59. The van der Waals surface area contributed by atoms with Gasteiger partial charge in [-0.2, -0.15) is 0 Å². The van der Waals surface area contributed by atoms with Crippen LogP contribution in [0.3, 0.4) is 0 Å². The summed E-state index contributed by atoms with van der Waals surface area (Å²) in [6.07, 6.45) is 1.04. The number of ether oxygens (including phenoxy) is 1. The van der Waals surface area contributed by atoms with Crippen LogP contribution in [0.5, 0.6) is 0 Å². The molecule has 2 heterocycles. The maximum atomic E-state index is 12.0. The van der Waals surface area contributed by atoms with Gasteiger partial charge in [-0.1, -0.05) is 25.1 Å². The van der Waals surface area contributed by atoms with E-state index in [9.17, 15) is 4.79 Å². The molecule has 3 nitrogen and oxygen atoms in total. The van der Waals surface area contributed by atoms with E-state index >= 15 is 0 Å². The number of carbonyl (C=O) groups is 1. The second-order valence-corrected chi connectivity index (χ2v) is 7.03. The number of hydrogen-bond donors (Lipinski definition) is 0. The lowest BCUT2D eigenvalue weighted by Crippen LogP contribution is -2.03. The molecule has 0 N–H and O–H groups in total. The van der Waals surface area contributed by atoms with E-state index < -0.39 is 0 Å². The highest BCUT2D eigenvalue weighted by atomic mass is 32.1. The van der Waals surface area contributed by atoms with E-state index in [0.29, 0.717) is 12.2 Å². The predicted octanol–water partition coefficient (Wildman–Crippen LogP) is 5.29. The minimum Gasteiger partial charge on any atom is -0.462 e. The minimum atomic E-state index is -0.255. The Morgan fingerprint density at radius 3 is 2.67 bits per heavy atom. The van der Waals surface area contributed by atoms with E-state index in [1.54, 1.807) is 11.3 Å². The molecule has 0 spiro atoms. The van der Waals surface area contributed by atoms with Crippen LogP contribution in [0.25, 0.3) is 31.2 Å². The standard InChI is InChI=1S/C20H19NO2S/c1-4-12-6-8-14-16(10-12)21(3)18-15-9-7-13(20(22)23-5-2)11-17(15)24-19(14)18/h6-11H,4-5H2,1-3H3. The van der Waals surface area contributed by atoms with Gasteiger partial charge in [0.25, 0.3) is 0 Å². The molecular formula is C20H19NO2S. The molecule has 0 fully saturated rings. The van der Waals surface area contributed by atoms with Crippen LogP contribution in [-0.2, 0) is 18.2 Å². The highest BCUT2D eigenvalue weighted by Gasteiger charge is 2.16. The zero-order valence-electron chi connectivity index (χ0n) is 14.1. The molecule has 2 aromatic heterocycles. The van der Waals surface area contributed by atoms with Crippen molar-refractivity contribution in [2.75, 3.05) is 6.61 Å². The lowest BCUT2D eigenvalue weighted by molar-refractivity contribution is 0.0526. The molecule has 24 heavy (non-hydrogen) atoms. The minimum absolute atomic E-state index is 0.255. The van der Waals surface area contributed by atoms with Gasteiger partial charge in [0.05, 0.1) is 22.4 Å². The maximum Gasteiger partial charge on any atom is 0.338 e. The molecule has 122 valence electrons. The highest BCUT2D eigenvalue weighted by molar-refractivity contribution is 7.26. The monoisotopic (exact) mass is 337 g/mol. The molecule has 0 unspecified atom stereocenters. The molecule has 4 rings (SSSR count). The number of nitrogens with zero attached hydrogens (tertiary/aromatic N) is 1. The van der Waals surface area contributed by atoms with Crippen molar-refractivity contribution in [1.82, 2.24) is 4.57 Å². The van der Waals surface area contributed by atoms with Gasteiger partial charge in [-0.3, -0.25) is 0 Å². The molecule has 0 radical (unpaired) electrons. The van der Waals surface area contributed by atoms with E-state index in [2.05, 4.69) is 36.7 Å². The van der Waals surface area contributed by atoms with Crippen LogP contribution in [0.1, 0.15) is 29.8 Å². The zero-order chi connectivity index (χ0) is 16.8. The fraction of sp³-hybridized carbons (Fsp3) is 0.250. The summed E-state index contributed by atoms with van der Waals surface area (Å²) in [5, 5.41) is 2.48. The summed E-state index contributed by atoms with van der Waals surface area (Å²) in [6.45, 7) is 4.40. The Morgan fingerprint density at radius 1 is 1.12 bits per heavy atom. The lowest BCUT2D eigenvalue weighted by Gasteiger charge is -2.03. The quantitative estimate of drug-likeness (QED) is 0.476. The van der Waals surface area contributed by atoms with Crippen LogP contribution in [-0.4, -0.2) is 17.1 Å².